The summed E-state index contributed by atoms with van der Waals surface area (Å²) < 4.78 is 0. The van der Waals surface area contributed by atoms with Gasteiger partial charge in [0.25, 0.3) is 0 Å². The molecule has 0 unspecified atom stereocenters. The highest BCUT2D eigenvalue weighted by Crippen LogP contribution is 2.43. The van der Waals surface area contributed by atoms with Crippen molar-refractivity contribution in [2.45, 2.75) is 19.5 Å². The first kappa shape index (κ1) is 18.1. The predicted molar refractivity (Wildman–Crippen MR) is 106 cm³/mol. The summed E-state index contributed by atoms with van der Waals surface area (Å²) >= 11 is 0. The third-order valence-corrected chi connectivity index (χ3v) is 6.00. The molecule has 5 heteroatoms. The molecule has 1 aromatic heterocycles. The Morgan fingerprint density at radius 3 is 2.78 bits per heavy atom. The molecular weight excluding hydrogens is 336 g/mol. The molecule has 5 nitrogen and oxygen atoms in total. The molecule has 2 saturated heterocycles. The second-order valence-electron chi connectivity index (χ2n) is 7.96. The summed E-state index contributed by atoms with van der Waals surface area (Å²) in [7, 11) is 2.01. The van der Waals surface area contributed by atoms with Gasteiger partial charge in [0.1, 0.15) is 0 Å². The van der Waals surface area contributed by atoms with Crippen molar-refractivity contribution >= 4 is 5.91 Å². The molecule has 2 fully saturated rings. The van der Waals surface area contributed by atoms with Crippen molar-refractivity contribution in [3.8, 4) is 0 Å². The van der Waals surface area contributed by atoms with Crippen LogP contribution in [0.15, 0.2) is 48.8 Å². The topological polar surface area (TPSA) is 48.5 Å². The molecule has 3 heterocycles. The van der Waals surface area contributed by atoms with E-state index in [-0.39, 0.29) is 11.9 Å². The Morgan fingerprint density at radius 2 is 2.00 bits per heavy atom. The Labute approximate surface area is 161 Å². The van der Waals surface area contributed by atoms with Crippen LogP contribution in [0.5, 0.6) is 0 Å². The number of likely N-dealkylation sites (N-methyl/N-ethyl adjacent to an activating group) is 1. The molecule has 2 aliphatic rings. The van der Waals surface area contributed by atoms with E-state index in [1.807, 2.05) is 19.2 Å². The number of nitrogens with one attached hydrogen (secondary N) is 1. The molecule has 3 atom stereocenters. The average Bonchev–Trinajstić information content (AvgIpc) is 3.24. The summed E-state index contributed by atoms with van der Waals surface area (Å²) in [4.78, 5) is 21.5. The van der Waals surface area contributed by atoms with Crippen LogP contribution in [0.1, 0.15) is 22.7 Å². The summed E-state index contributed by atoms with van der Waals surface area (Å²) in [5, 5.41) is 3.52. The van der Waals surface area contributed by atoms with Crippen LogP contribution in [0.25, 0.3) is 0 Å². The van der Waals surface area contributed by atoms with Gasteiger partial charge in [0.05, 0.1) is 12.6 Å². The fraction of sp³-hybridized carbons (Fsp3) is 0.455. The van der Waals surface area contributed by atoms with E-state index in [1.165, 1.54) is 16.7 Å². The first-order chi connectivity index (χ1) is 13.1. The van der Waals surface area contributed by atoms with E-state index in [2.05, 4.69) is 51.3 Å². The number of fused-ring (bicyclic) bond motifs is 1. The number of rotatable bonds is 5. The number of benzene rings is 1. The van der Waals surface area contributed by atoms with Gasteiger partial charge in [0.2, 0.25) is 5.91 Å². The number of nitrogens with zero attached hydrogens (tertiary/aromatic N) is 3. The Hall–Kier alpha value is -2.24. The van der Waals surface area contributed by atoms with E-state index in [4.69, 9.17) is 0 Å². The first-order valence-corrected chi connectivity index (χ1v) is 9.76. The molecule has 0 bridgehead atoms. The van der Waals surface area contributed by atoms with Gasteiger partial charge in [0.15, 0.2) is 0 Å². The number of carbonyl (C=O) groups excluding carboxylic acids is 1. The molecule has 2 aliphatic heterocycles. The van der Waals surface area contributed by atoms with Crippen molar-refractivity contribution < 1.29 is 4.79 Å². The lowest BCUT2D eigenvalue weighted by atomic mass is 9.87. The number of hydrogen-bond donors (Lipinski definition) is 1. The third kappa shape index (κ3) is 3.75. The number of carbonyl (C=O) groups is 1. The third-order valence-electron chi connectivity index (χ3n) is 6.00. The number of pyridine rings is 1. The minimum Gasteiger partial charge on any atom is -0.334 e. The van der Waals surface area contributed by atoms with Crippen molar-refractivity contribution in [1.29, 1.82) is 0 Å². The van der Waals surface area contributed by atoms with Crippen LogP contribution in [0.4, 0.5) is 0 Å². The molecule has 1 N–H and O–H groups in total. The lowest BCUT2D eigenvalue weighted by Gasteiger charge is -2.31. The van der Waals surface area contributed by atoms with Crippen LogP contribution in [-0.4, -0.2) is 53.9 Å². The van der Waals surface area contributed by atoms with Crippen LogP contribution >= 0.6 is 0 Å². The summed E-state index contributed by atoms with van der Waals surface area (Å²) in [6, 6.07) is 12.7. The predicted octanol–water partition coefficient (Wildman–Crippen LogP) is 2.24. The fourth-order valence-electron chi connectivity index (χ4n) is 4.67. The van der Waals surface area contributed by atoms with E-state index in [0.29, 0.717) is 18.4 Å². The standard InChI is InChI=1S/C22H28N4O/c1-16-5-3-4-6-19(16)22-20-12-24-11-18(20)14-26(22)21(27)15-25(2)13-17-7-9-23-10-8-17/h3-10,18,20,22,24H,11-15H2,1-2H3/t18-,20-,22-/m0/s1. The van der Waals surface area contributed by atoms with Gasteiger partial charge in [-0.15, -0.1) is 0 Å². The van der Waals surface area contributed by atoms with E-state index in [9.17, 15) is 4.79 Å². The van der Waals surface area contributed by atoms with Gasteiger partial charge in [-0.05, 0) is 48.7 Å². The van der Waals surface area contributed by atoms with Gasteiger partial charge in [-0.25, -0.2) is 0 Å². The number of hydrogen-bond acceptors (Lipinski definition) is 4. The lowest BCUT2D eigenvalue weighted by Crippen LogP contribution is -2.40. The normalized spacial score (nSPS) is 24.4. The quantitative estimate of drug-likeness (QED) is 0.884. The zero-order valence-corrected chi connectivity index (χ0v) is 16.1. The number of aromatic nitrogens is 1. The zero-order valence-electron chi connectivity index (χ0n) is 16.1. The van der Waals surface area contributed by atoms with Gasteiger partial charge < -0.3 is 10.2 Å². The van der Waals surface area contributed by atoms with Gasteiger partial charge in [-0.3, -0.25) is 14.7 Å². The Balaban J connectivity index is 1.50. The highest BCUT2D eigenvalue weighted by atomic mass is 16.2. The molecule has 1 aromatic carbocycles. The van der Waals surface area contributed by atoms with Crippen LogP contribution in [-0.2, 0) is 11.3 Å². The minimum absolute atomic E-state index is 0.188. The largest absolute Gasteiger partial charge is 0.334 e. The summed E-state index contributed by atoms with van der Waals surface area (Å²) in [6.07, 6.45) is 3.60. The molecule has 0 radical (unpaired) electrons. The number of likely N-dealkylation sites (tertiary alicyclic amines) is 1. The van der Waals surface area contributed by atoms with Crippen LogP contribution in [0.2, 0.25) is 0 Å². The summed E-state index contributed by atoms with van der Waals surface area (Å²) in [5.74, 6) is 1.30. The first-order valence-electron chi connectivity index (χ1n) is 9.76. The minimum atomic E-state index is 0.188. The van der Waals surface area contributed by atoms with Crippen molar-refractivity contribution in [1.82, 2.24) is 20.1 Å². The molecule has 27 heavy (non-hydrogen) atoms. The molecular formula is C22H28N4O. The molecule has 0 saturated carbocycles. The maximum Gasteiger partial charge on any atom is 0.237 e. The van der Waals surface area contributed by atoms with Gasteiger partial charge in [0, 0.05) is 44.5 Å². The lowest BCUT2D eigenvalue weighted by molar-refractivity contribution is -0.133. The maximum absolute atomic E-state index is 13.2. The summed E-state index contributed by atoms with van der Waals surface area (Å²) in [6.45, 7) is 6.23. The molecule has 0 spiro atoms. The van der Waals surface area contributed by atoms with E-state index < -0.39 is 0 Å². The van der Waals surface area contributed by atoms with E-state index in [0.717, 1.165) is 26.2 Å². The van der Waals surface area contributed by atoms with Gasteiger partial charge in [-0.2, -0.15) is 0 Å². The fourth-order valence-corrected chi connectivity index (χ4v) is 4.67. The van der Waals surface area contributed by atoms with Crippen molar-refractivity contribution in [3.63, 3.8) is 0 Å². The number of aryl methyl sites for hydroxylation is 1. The van der Waals surface area contributed by atoms with Gasteiger partial charge in [-0.1, -0.05) is 24.3 Å². The highest BCUT2D eigenvalue weighted by Gasteiger charge is 2.46. The molecule has 4 rings (SSSR count). The molecule has 142 valence electrons. The molecule has 1 amide bonds. The van der Waals surface area contributed by atoms with Crippen molar-refractivity contribution in [2.75, 3.05) is 33.2 Å². The van der Waals surface area contributed by atoms with Crippen LogP contribution < -0.4 is 5.32 Å². The number of amides is 1. The van der Waals surface area contributed by atoms with Crippen molar-refractivity contribution in [2.24, 2.45) is 11.8 Å². The van der Waals surface area contributed by atoms with Crippen molar-refractivity contribution in [3.05, 3.63) is 65.5 Å². The van der Waals surface area contributed by atoms with Crippen LogP contribution in [0.3, 0.4) is 0 Å². The monoisotopic (exact) mass is 364 g/mol. The smallest absolute Gasteiger partial charge is 0.237 e. The average molecular weight is 364 g/mol. The SMILES string of the molecule is Cc1ccccc1[C@H]1[C@H]2CNC[C@H]2CN1C(=O)CN(C)Cc1ccncc1. The van der Waals surface area contributed by atoms with Crippen LogP contribution in [0, 0.1) is 18.8 Å². The second kappa shape index (κ2) is 7.79. The summed E-state index contributed by atoms with van der Waals surface area (Å²) in [5.41, 5.74) is 3.76. The van der Waals surface area contributed by atoms with E-state index >= 15 is 0 Å². The zero-order chi connectivity index (χ0) is 18.8. The highest BCUT2D eigenvalue weighted by molar-refractivity contribution is 5.79. The Kier molecular flexibility index (Phi) is 5.23. The van der Waals surface area contributed by atoms with E-state index in [1.54, 1.807) is 12.4 Å². The molecule has 0 aliphatic carbocycles. The Bertz CT molecular complexity index is 794. The Morgan fingerprint density at radius 1 is 1.22 bits per heavy atom. The second-order valence-corrected chi connectivity index (χ2v) is 7.96. The molecule has 2 aromatic rings. The van der Waals surface area contributed by atoms with Gasteiger partial charge >= 0.3 is 0 Å². The maximum atomic E-state index is 13.2.